The highest BCUT2D eigenvalue weighted by Gasteiger charge is 2.30. The van der Waals surface area contributed by atoms with E-state index < -0.39 is 11.4 Å². The number of ether oxygens (including phenoxy) is 2. The van der Waals surface area contributed by atoms with E-state index in [4.69, 9.17) is 9.47 Å². The topological polar surface area (TPSA) is 116 Å². The van der Waals surface area contributed by atoms with Crippen molar-refractivity contribution in [3.05, 3.63) is 47.9 Å². The van der Waals surface area contributed by atoms with Gasteiger partial charge in [0.1, 0.15) is 29.6 Å². The van der Waals surface area contributed by atoms with Crippen molar-refractivity contribution in [1.29, 1.82) is 5.26 Å². The summed E-state index contributed by atoms with van der Waals surface area (Å²) < 4.78 is 31.2. The van der Waals surface area contributed by atoms with E-state index in [1.807, 2.05) is 24.3 Å². The van der Waals surface area contributed by atoms with E-state index >= 15 is 0 Å². The predicted octanol–water partition coefficient (Wildman–Crippen LogP) is 3.85. The first kappa shape index (κ1) is 24.9. The zero-order valence-electron chi connectivity index (χ0n) is 19.5. The van der Waals surface area contributed by atoms with Crippen LogP contribution in [-0.4, -0.2) is 58.3 Å². The number of nitriles is 1. The minimum atomic E-state index is -0.901. The van der Waals surface area contributed by atoms with E-state index in [-0.39, 0.29) is 23.8 Å². The second-order valence-corrected chi connectivity index (χ2v) is 9.28. The molecule has 1 fully saturated rings. The monoisotopic (exact) mass is 498 g/mol. The molecular formula is C24H27FN6O3S. The Bertz CT molecular complexity index is 1230. The Morgan fingerprint density at radius 3 is 2.83 bits per heavy atom. The summed E-state index contributed by atoms with van der Waals surface area (Å²) >= 11 is 1.30. The molecule has 11 heteroatoms. The molecule has 0 saturated carbocycles. The molecule has 3 aromatic rings. The minimum absolute atomic E-state index is 0.0560. The van der Waals surface area contributed by atoms with Crippen LogP contribution in [0.15, 0.2) is 36.5 Å². The summed E-state index contributed by atoms with van der Waals surface area (Å²) in [6.07, 6.45) is 2.70. The van der Waals surface area contributed by atoms with Crippen LogP contribution in [-0.2, 0) is 0 Å². The van der Waals surface area contributed by atoms with Gasteiger partial charge in [-0.15, -0.1) is 0 Å². The summed E-state index contributed by atoms with van der Waals surface area (Å²) in [6.45, 7) is 4.36. The third kappa shape index (κ3) is 6.10. The smallest absolute Gasteiger partial charge is 0.233 e. The number of hydrogen-bond acceptors (Lipinski definition) is 10. The number of hydrogen-bond donors (Lipinski definition) is 3. The Hall–Kier alpha value is -3.17. The van der Waals surface area contributed by atoms with Crippen molar-refractivity contribution in [3.63, 3.8) is 0 Å². The van der Waals surface area contributed by atoms with Gasteiger partial charge in [0.25, 0.3) is 0 Å². The average Bonchev–Trinajstić information content (AvgIpc) is 2.87. The summed E-state index contributed by atoms with van der Waals surface area (Å²) in [5.74, 6) is -0.259. The summed E-state index contributed by atoms with van der Waals surface area (Å²) in [6, 6.07) is 9.72. The molecule has 1 saturated heterocycles. The number of aliphatic hydroxyl groups is 1. The molecule has 184 valence electrons. The number of rotatable bonds is 9. The third-order valence-electron chi connectivity index (χ3n) is 5.71. The zero-order valence-corrected chi connectivity index (χ0v) is 20.4. The van der Waals surface area contributed by atoms with Crippen LogP contribution in [0, 0.1) is 17.1 Å². The molecule has 4 rings (SSSR count). The van der Waals surface area contributed by atoms with Gasteiger partial charge in [-0.3, -0.25) is 0 Å². The highest BCUT2D eigenvalue weighted by Crippen LogP contribution is 2.35. The van der Waals surface area contributed by atoms with Crippen molar-refractivity contribution in [2.45, 2.75) is 25.4 Å². The largest absolute Gasteiger partial charge is 0.473 e. The molecule has 0 bridgehead atoms. The highest BCUT2D eigenvalue weighted by molar-refractivity contribution is 7.98. The van der Waals surface area contributed by atoms with Gasteiger partial charge in [0, 0.05) is 24.7 Å². The Morgan fingerprint density at radius 2 is 2.09 bits per heavy atom. The van der Waals surface area contributed by atoms with Crippen LogP contribution < -0.4 is 19.5 Å². The van der Waals surface area contributed by atoms with Crippen LogP contribution >= 0.6 is 12.1 Å². The molecule has 3 N–H and O–H groups in total. The van der Waals surface area contributed by atoms with Crippen molar-refractivity contribution < 1.29 is 19.0 Å². The molecule has 0 spiro atoms. The Labute approximate surface area is 207 Å². The quantitative estimate of drug-likeness (QED) is 0.376. The Kier molecular flexibility index (Phi) is 7.87. The van der Waals surface area contributed by atoms with Gasteiger partial charge in [-0.05, 0) is 57.2 Å². The fourth-order valence-electron chi connectivity index (χ4n) is 3.51. The van der Waals surface area contributed by atoms with Crippen molar-refractivity contribution >= 4 is 28.9 Å². The van der Waals surface area contributed by atoms with E-state index in [2.05, 4.69) is 20.0 Å². The molecule has 0 unspecified atom stereocenters. The van der Waals surface area contributed by atoms with Gasteiger partial charge in [-0.25, -0.2) is 18.7 Å². The average molecular weight is 499 g/mol. The maximum atomic E-state index is 14.7. The highest BCUT2D eigenvalue weighted by atomic mass is 32.2. The SMILES string of the molecule is CCN(C)SNc1ccc(F)c(Oc2ccc3ncc(OCC4(O)CCNCC4)nc3c2)c1C#N. The van der Waals surface area contributed by atoms with Crippen molar-refractivity contribution in [3.8, 4) is 23.4 Å². The van der Waals surface area contributed by atoms with Gasteiger partial charge in [0.05, 0.1) is 22.9 Å². The number of fused-ring (bicyclic) bond motifs is 1. The number of nitrogens with one attached hydrogen (secondary N) is 2. The Balaban J connectivity index is 1.54. The minimum Gasteiger partial charge on any atom is -0.473 e. The first-order valence-corrected chi connectivity index (χ1v) is 12.1. The predicted molar refractivity (Wildman–Crippen MR) is 133 cm³/mol. The van der Waals surface area contributed by atoms with Gasteiger partial charge in [0.2, 0.25) is 5.88 Å². The van der Waals surface area contributed by atoms with Gasteiger partial charge in [-0.2, -0.15) is 5.26 Å². The molecule has 0 atom stereocenters. The lowest BCUT2D eigenvalue weighted by molar-refractivity contribution is -0.0297. The van der Waals surface area contributed by atoms with Crippen LogP contribution in [0.4, 0.5) is 10.1 Å². The molecule has 0 amide bonds. The molecule has 1 aromatic heterocycles. The van der Waals surface area contributed by atoms with Crippen LogP contribution in [0.2, 0.25) is 0 Å². The lowest BCUT2D eigenvalue weighted by atomic mass is 9.94. The molecular weight excluding hydrogens is 471 g/mol. The molecule has 35 heavy (non-hydrogen) atoms. The molecule has 0 radical (unpaired) electrons. The Morgan fingerprint density at radius 1 is 1.29 bits per heavy atom. The van der Waals surface area contributed by atoms with Gasteiger partial charge in [0.15, 0.2) is 11.6 Å². The molecule has 2 aromatic carbocycles. The maximum absolute atomic E-state index is 14.7. The van der Waals surface area contributed by atoms with E-state index in [0.29, 0.717) is 35.3 Å². The number of nitrogens with zero attached hydrogens (tertiary/aromatic N) is 4. The molecule has 2 heterocycles. The first-order chi connectivity index (χ1) is 16.9. The number of piperidine rings is 1. The lowest BCUT2D eigenvalue weighted by Crippen LogP contribution is -2.46. The number of benzene rings is 2. The van der Waals surface area contributed by atoms with E-state index in [1.54, 1.807) is 18.2 Å². The normalized spacial score (nSPS) is 15.1. The number of anilines is 1. The van der Waals surface area contributed by atoms with Gasteiger partial charge >= 0.3 is 0 Å². The molecule has 0 aliphatic carbocycles. The second-order valence-electron chi connectivity index (χ2n) is 8.27. The van der Waals surface area contributed by atoms with Crippen molar-refractivity contribution in [1.82, 2.24) is 19.6 Å². The standard InChI is InChI=1S/C24H27FN6O3S/c1-3-31(2)35-30-19-7-5-18(25)23(17(19)13-26)34-16-4-6-20-21(12-16)29-22(14-28-20)33-15-24(32)8-10-27-11-9-24/h4-7,12,14,27,30,32H,3,8-11,15H2,1-2H3. The van der Waals surface area contributed by atoms with Crippen LogP contribution in [0.3, 0.4) is 0 Å². The van der Waals surface area contributed by atoms with E-state index in [9.17, 15) is 14.8 Å². The fourth-order valence-corrected chi connectivity index (χ4v) is 4.07. The number of aromatic nitrogens is 2. The summed E-state index contributed by atoms with van der Waals surface area (Å²) in [5.41, 5.74) is 0.675. The van der Waals surface area contributed by atoms with Crippen LogP contribution in [0.1, 0.15) is 25.3 Å². The third-order valence-corrected chi connectivity index (χ3v) is 6.59. The second kappa shape index (κ2) is 11.0. The van der Waals surface area contributed by atoms with Gasteiger partial charge in [-0.1, -0.05) is 6.92 Å². The van der Waals surface area contributed by atoms with Crippen molar-refractivity contribution in [2.75, 3.05) is 38.0 Å². The molecule has 1 aliphatic rings. The fraction of sp³-hybridized carbons (Fsp3) is 0.375. The first-order valence-electron chi connectivity index (χ1n) is 11.3. The van der Waals surface area contributed by atoms with Gasteiger partial charge < -0.3 is 24.6 Å². The van der Waals surface area contributed by atoms with E-state index in [1.165, 1.54) is 30.5 Å². The summed E-state index contributed by atoms with van der Waals surface area (Å²) in [4.78, 5) is 8.81. The maximum Gasteiger partial charge on any atom is 0.233 e. The van der Waals surface area contributed by atoms with E-state index in [0.717, 1.165) is 19.6 Å². The van der Waals surface area contributed by atoms with Crippen LogP contribution in [0.5, 0.6) is 17.4 Å². The summed E-state index contributed by atoms with van der Waals surface area (Å²) in [7, 11) is 1.89. The zero-order chi connectivity index (χ0) is 24.8. The van der Waals surface area contributed by atoms with Crippen LogP contribution in [0.25, 0.3) is 11.0 Å². The molecule has 9 nitrogen and oxygen atoms in total. The summed E-state index contributed by atoms with van der Waals surface area (Å²) in [5, 5.41) is 23.5. The lowest BCUT2D eigenvalue weighted by Gasteiger charge is -2.31. The number of halogens is 1. The molecule has 1 aliphatic heterocycles. The van der Waals surface area contributed by atoms with Crippen molar-refractivity contribution in [2.24, 2.45) is 0 Å².